The quantitative estimate of drug-likeness (QED) is 0.865. The van der Waals surface area contributed by atoms with Crippen LogP contribution in [0.3, 0.4) is 0 Å². The van der Waals surface area contributed by atoms with Crippen molar-refractivity contribution in [2.24, 2.45) is 5.92 Å². The van der Waals surface area contributed by atoms with E-state index in [2.05, 4.69) is 10.3 Å². The van der Waals surface area contributed by atoms with Gasteiger partial charge in [-0.25, -0.2) is 0 Å². The molecule has 1 N–H and O–H groups in total. The summed E-state index contributed by atoms with van der Waals surface area (Å²) in [5.41, 5.74) is 1.63. The van der Waals surface area contributed by atoms with Crippen LogP contribution in [0, 0.1) is 5.92 Å². The van der Waals surface area contributed by atoms with Gasteiger partial charge < -0.3 is 10.2 Å². The number of carbonyl (C=O) groups excluding carboxylic acids is 2. The van der Waals surface area contributed by atoms with Crippen LogP contribution in [0.1, 0.15) is 37.0 Å². The summed E-state index contributed by atoms with van der Waals surface area (Å²) in [5.74, 6) is 0.446. The summed E-state index contributed by atoms with van der Waals surface area (Å²) in [4.78, 5) is 29.8. The molecule has 5 nitrogen and oxygen atoms in total. The molecule has 1 aliphatic rings. The van der Waals surface area contributed by atoms with Crippen molar-refractivity contribution in [1.29, 1.82) is 0 Å². The highest BCUT2D eigenvalue weighted by Gasteiger charge is 2.23. The van der Waals surface area contributed by atoms with Gasteiger partial charge in [-0.15, -0.1) is 0 Å². The number of hydrogen-bond acceptors (Lipinski definition) is 3. The van der Waals surface area contributed by atoms with Crippen molar-refractivity contribution in [2.75, 3.05) is 19.6 Å². The fourth-order valence-corrected chi connectivity index (χ4v) is 2.57. The number of piperidine rings is 1. The highest BCUT2D eigenvalue weighted by atomic mass is 16.2. The zero-order valence-corrected chi connectivity index (χ0v) is 13.2. The third-order valence-corrected chi connectivity index (χ3v) is 3.79. The Bertz CT molecular complexity index is 542. The molecule has 2 heterocycles. The van der Waals surface area contributed by atoms with Crippen molar-refractivity contribution in [3.8, 4) is 0 Å². The van der Waals surface area contributed by atoms with Crippen LogP contribution in [0.5, 0.6) is 0 Å². The van der Waals surface area contributed by atoms with E-state index < -0.39 is 0 Å². The first kappa shape index (κ1) is 16.2. The first-order valence-electron chi connectivity index (χ1n) is 7.68. The zero-order chi connectivity index (χ0) is 15.9. The molecule has 1 fully saturated rings. The predicted molar refractivity (Wildman–Crippen MR) is 85.3 cm³/mol. The first-order chi connectivity index (χ1) is 10.6. The summed E-state index contributed by atoms with van der Waals surface area (Å²) in [7, 11) is 0. The van der Waals surface area contributed by atoms with Crippen molar-refractivity contribution in [3.05, 3.63) is 41.7 Å². The third kappa shape index (κ3) is 4.69. The molecular weight excluding hydrogens is 278 g/mol. The van der Waals surface area contributed by atoms with Crippen LogP contribution < -0.4 is 5.32 Å². The highest BCUT2D eigenvalue weighted by molar-refractivity contribution is 5.93. The van der Waals surface area contributed by atoms with Crippen LogP contribution in [0.25, 0.3) is 0 Å². The van der Waals surface area contributed by atoms with Crippen molar-refractivity contribution in [2.45, 2.75) is 26.7 Å². The number of hydrogen-bond donors (Lipinski definition) is 1. The Balaban J connectivity index is 1.77. The van der Waals surface area contributed by atoms with Gasteiger partial charge in [0.1, 0.15) is 0 Å². The van der Waals surface area contributed by atoms with E-state index >= 15 is 0 Å². The molecule has 0 aliphatic carbocycles. The maximum absolute atomic E-state index is 12.3. The molecule has 2 amide bonds. The van der Waals surface area contributed by atoms with E-state index in [4.69, 9.17) is 0 Å². The molecule has 1 aromatic heterocycles. The number of rotatable bonds is 4. The van der Waals surface area contributed by atoms with Gasteiger partial charge in [0.25, 0.3) is 5.91 Å². The van der Waals surface area contributed by atoms with E-state index in [1.54, 1.807) is 30.6 Å². The van der Waals surface area contributed by atoms with Crippen molar-refractivity contribution in [1.82, 2.24) is 15.2 Å². The van der Waals surface area contributed by atoms with Gasteiger partial charge in [0.05, 0.1) is 5.56 Å². The molecule has 2 rings (SSSR count). The van der Waals surface area contributed by atoms with Crippen LogP contribution in [-0.2, 0) is 4.79 Å². The Morgan fingerprint density at radius 1 is 1.36 bits per heavy atom. The van der Waals surface area contributed by atoms with Gasteiger partial charge in [0, 0.05) is 38.1 Å². The minimum Gasteiger partial charge on any atom is -0.352 e. The molecule has 0 spiro atoms. The molecule has 0 radical (unpaired) electrons. The SMILES string of the molecule is CC(C)=CC(=O)NCC1CCN(C(=O)c2cccnc2)CC1. The van der Waals surface area contributed by atoms with Gasteiger partial charge in [-0.1, -0.05) is 5.57 Å². The Morgan fingerprint density at radius 2 is 2.09 bits per heavy atom. The van der Waals surface area contributed by atoms with E-state index in [9.17, 15) is 9.59 Å². The van der Waals surface area contributed by atoms with E-state index in [0.29, 0.717) is 18.0 Å². The molecule has 1 saturated heterocycles. The molecule has 1 aromatic rings. The molecule has 1 aliphatic heterocycles. The average molecular weight is 301 g/mol. The lowest BCUT2D eigenvalue weighted by Gasteiger charge is -2.32. The number of pyridine rings is 1. The number of allylic oxidation sites excluding steroid dienone is 1. The lowest BCUT2D eigenvalue weighted by molar-refractivity contribution is -0.116. The number of nitrogens with one attached hydrogen (secondary N) is 1. The normalized spacial score (nSPS) is 15.3. The van der Waals surface area contributed by atoms with Crippen LogP contribution in [-0.4, -0.2) is 41.3 Å². The Kier molecular flexibility index (Phi) is 5.69. The maximum Gasteiger partial charge on any atom is 0.255 e. The van der Waals surface area contributed by atoms with Gasteiger partial charge in [-0.05, 0) is 44.7 Å². The van der Waals surface area contributed by atoms with Gasteiger partial charge in [-0.3, -0.25) is 14.6 Å². The van der Waals surface area contributed by atoms with Crippen molar-refractivity contribution >= 4 is 11.8 Å². The van der Waals surface area contributed by atoms with Gasteiger partial charge >= 0.3 is 0 Å². The summed E-state index contributed by atoms with van der Waals surface area (Å²) >= 11 is 0. The second kappa shape index (κ2) is 7.73. The summed E-state index contributed by atoms with van der Waals surface area (Å²) in [5, 5.41) is 2.93. The lowest BCUT2D eigenvalue weighted by Crippen LogP contribution is -2.41. The van der Waals surface area contributed by atoms with Crippen LogP contribution >= 0.6 is 0 Å². The summed E-state index contributed by atoms with van der Waals surface area (Å²) in [6.07, 6.45) is 6.72. The molecule has 5 heteroatoms. The van der Waals surface area contributed by atoms with Crippen molar-refractivity contribution < 1.29 is 9.59 Å². The number of carbonyl (C=O) groups is 2. The minimum atomic E-state index is -0.0335. The first-order valence-corrected chi connectivity index (χ1v) is 7.68. The molecule has 0 saturated carbocycles. The highest BCUT2D eigenvalue weighted by Crippen LogP contribution is 2.18. The molecule has 22 heavy (non-hydrogen) atoms. The second-order valence-corrected chi connectivity index (χ2v) is 5.94. The van der Waals surface area contributed by atoms with E-state index in [0.717, 1.165) is 31.5 Å². The minimum absolute atomic E-state index is 0.0335. The summed E-state index contributed by atoms with van der Waals surface area (Å²) in [6, 6.07) is 3.57. The smallest absolute Gasteiger partial charge is 0.255 e. The summed E-state index contributed by atoms with van der Waals surface area (Å²) in [6.45, 7) is 5.95. The maximum atomic E-state index is 12.3. The van der Waals surface area contributed by atoms with Gasteiger partial charge in [0.2, 0.25) is 5.91 Å². The lowest BCUT2D eigenvalue weighted by atomic mass is 9.96. The number of aromatic nitrogens is 1. The van der Waals surface area contributed by atoms with Crippen molar-refractivity contribution in [3.63, 3.8) is 0 Å². The summed E-state index contributed by atoms with van der Waals surface area (Å²) < 4.78 is 0. The molecular formula is C17H23N3O2. The Morgan fingerprint density at radius 3 is 2.68 bits per heavy atom. The van der Waals surface area contributed by atoms with Gasteiger partial charge in [0.15, 0.2) is 0 Å². The fraction of sp³-hybridized carbons (Fsp3) is 0.471. The topological polar surface area (TPSA) is 62.3 Å². The van der Waals surface area contributed by atoms with Crippen LogP contribution in [0.15, 0.2) is 36.2 Å². The van der Waals surface area contributed by atoms with Crippen LogP contribution in [0.2, 0.25) is 0 Å². The largest absolute Gasteiger partial charge is 0.352 e. The fourth-order valence-electron chi connectivity index (χ4n) is 2.57. The standard InChI is InChI=1S/C17H23N3O2/c1-13(2)10-16(21)19-11-14-5-8-20(9-6-14)17(22)15-4-3-7-18-12-15/h3-4,7,10,12,14H,5-6,8-9,11H2,1-2H3,(H,19,21). The zero-order valence-electron chi connectivity index (χ0n) is 13.2. The number of likely N-dealkylation sites (tertiary alicyclic amines) is 1. The number of amides is 2. The third-order valence-electron chi connectivity index (χ3n) is 3.79. The molecule has 0 atom stereocenters. The molecule has 0 bridgehead atoms. The monoisotopic (exact) mass is 301 g/mol. The average Bonchev–Trinajstić information content (AvgIpc) is 2.53. The molecule has 0 aromatic carbocycles. The van der Waals surface area contributed by atoms with E-state index in [1.807, 2.05) is 18.7 Å². The number of nitrogens with zero attached hydrogens (tertiary/aromatic N) is 2. The van der Waals surface area contributed by atoms with E-state index in [1.165, 1.54) is 0 Å². The predicted octanol–water partition coefficient (Wildman–Crippen LogP) is 2.02. The van der Waals surface area contributed by atoms with Gasteiger partial charge in [-0.2, -0.15) is 0 Å². The molecule has 0 unspecified atom stereocenters. The molecule has 118 valence electrons. The van der Waals surface area contributed by atoms with E-state index in [-0.39, 0.29) is 11.8 Å². The Hall–Kier alpha value is -2.17. The Labute approximate surface area is 131 Å². The second-order valence-electron chi connectivity index (χ2n) is 5.94. The van der Waals surface area contributed by atoms with Crippen LogP contribution in [0.4, 0.5) is 0 Å².